The number of hydrogen-bond acceptors (Lipinski definition) is 3. The van der Waals surface area contributed by atoms with E-state index in [2.05, 4.69) is 63.3 Å². The number of aliphatic imine (C=N–C) groups is 1. The van der Waals surface area contributed by atoms with Crippen molar-refractivity contribution in [3.8, 4) is 0 Å². The van der Waals surface area contributed by atoms with Gasteiger partial charge in [0.2, 0.25) is 0 Å². The summed E-state index contributed by atoms with van der Waals surface area (Å²) in [6.45, 7) is 9.67. The average Bonchev–Trinajstić information content (AvgIpc) is 3.13. The van der Waals surface area contributed by atoms with E-state index in [9.17, 15) is 0 Å². The third kappa shape index (κ3) is 9.16. The van der Waals surface area contributed by atoms with Crippen LogP contribution in [0, 0.1) is 5.92 Å². The number of benzene rings is 1. The molecule has 1 unspecified atom stereocenters. The maximum atomic E-state index is 5.80. The molecular formula is C22H36IN5O. The van der Waals surface area contributed by atoms with Gasteiger partial charge < -0.3 is 19.9 Å². The van der Waals surface area contributed by atoms with Crippen molar-refractivity contribution in [1.82, 2.24) is 20.2 Å². The highest BCUT2D eigenvalue weighted by atomic mass is 127. The Morgan fingerprint density at radius 3 is 2.55 bits per heavy atom. The van der Waals surface area contributed by atoms with E-state index < -0.39 is 0 Å². The van der Waals surface area contributed by atoms with Crippen molar-refractivity contribution in [1.29, 1.82) is 0 Å². The minimum Gasteiger partial charge on any atom is -0.378 e. The lowest BCUT2D eigenvalue weighted by Crippen LogP contribution is -2.40. The van der Waals surface area contributed by atoms with E-state index >= 15 is 0 Å². The van der Waals surface area contributed by atoms with E-state index in [-0.39, 0.29) is 30.1 Å². The summed E-state index contributed by atoms with van der Waals surface area (Å²) < 4.78 is 8.00. The first kappa shape index (κ1) is 25.4. The first-order valence-corrected chi connectivity index (χ1v) is 10.2. The molecule has 0 aliphatic heterocycles. The van der Waals surface area contributed by atoms with Crippen LogP contribution in [0.15, 0.2) is 47.7 Å². The predicted molar refractivity (Wildman–Crippen MR) is 131 cm³/mol. The summed E-state index contributed by atoms with van der Waals surface area (Å²) in [7, 11) is 1.80. The van der Waals surface area contributed by atoms with Gasteiger partial charge in [0.1, 0.15) is 5.82 Å². The van der Waals surface area contributed by atoms with E-state index in [1.54, 1.807) is 7.05 Å². The Morgan fingerprint density at radius 2 is 1.90 bits per heavy atom. The Hall–Kier alpha value is -1.61. The van der Waals surface area contributed by atoms with E-state index in [4.69, 9.17) is 4.74 Å². The highest BCUT2D eigenvalue weighted by molar-refractivity contribution is 14.0. The molecule has 162 valence electrons. The monoisotopic (exact) mass is 513 g/mol. The highest BCUT2D eigenvalue weighted by Crippen LogP contribution is 2.10. The Balaban J connectivity index is 0.00000420. The summed E-state index contributed by atoms with van der Waals surface area (Å²) >= 11 is 0. The smallest absolute Gasteiger partial charge is 0.190 e. The molecule has 6 nitrogen and oxygen atoms in total. The second kappa shape index (κ2) is 14.4. The summed E-state index contributed by atoms with van der Waals surface area (Å²) in [5.74, 6) is 2.41. The van der Waals surface area contributed by atoms with Crippen LogP contribution in [0.25, 0.3) is 0 Å². The molecule has 0 amide bonds. The summed E-state index contributed by atoms with van der Waals surface area (Å²) in [5.41, 5.74) is 1.28. The van der Waals surface area contributed by atoms with Gasteiger partial charge >= 0.3 is 0 Å². The van der Waals surface area contributed by atoms with E-state index in [0.717, 1.165) is 50.9 Å². The van der Waals surface area contributed by atoms with Gasteiger partial charge in [-0.05, 0) is 24.8 Å². The molecule has 0 saturated carbocycles. The Labute approximate surface area is 192 Å². The first-order chi connectivity index (χ1) is 13.6. The standard InChI is InChI=1S/C22H35N5O.HI/c1-5-28-20(18(2)3)11-13-25-22(23-4)26-14-12-21-24-15-16-27(21)17-19-9-7-6-8-10-19;/h6-10,15-16,18,20H,5,11-14,17H2,1-4H3,(H2,23,25,26);1H. The molecule has 1 aromatic heterocycles. The fourth-order valence-electron chi connectivity index (χ4n) is 3.16. The van der Waals surface area contributed by atoms with Crippen LogP contribution < -0.4 is 10.6 Å². The number of imidazole rings is 1. The molecule has 0 aliphatic carbocycles. The van der Waals surface area contributed by atoms with Gasteiger partial charge in [-0.2, -0.15) is 0 Å². The van der Waals surface area contributed by atoms with Gasteiger partial charge in [-0.1, -0.05) is 44.2 Å². The van der Waals surface area contributed by atoms with Gasteiger partial charge in [0.15, 0.2) is 5.96 Å². The van der Waals surface area contributed by atoms with Crippen LogP contribution in [0.1, 0.15) is 38.6 Å². The van der Waals surface area contributed by atoms with Crippen molar-refractivity contribution in [3.63, 3.8) is 0 Å². The zero-order valence-electron chi connectivity index (χ0n) is 18.1. The minimum atomic E-state index is 0. The molecule has 2 rings (SSSR count). The van der Waals surface area contributed by atoms with Gasteiger partial charge in [0, 0.05) is 52.1 Å². The van der Waals surface area contributed by atoms with Crippen molar-refractivity contribution >= 4 is 29.9 Å². The number of halogens is 1. The molecule has 1 atom stereocenters. The minimum absolute atomic E-state index is 0. The lowest BCUT2D eigenvalue weighted by molar-refractivity contribution is 0.0258. The third-order valence-corrected chi connectivity index (χ3v) is 4.71. The molecule has 29 heavy (non-hydrogen) atoms. The number of rotatable bonds is 11. The molecule has 0 bridgehead atoms. The lowest BCUT2D eigenvalue weighted by atomic mass is 10.0. The maximum Gasteiger partial charge on any atom is 0.190 e. The quantitative estimate of drug-likeness (QED) is 0.273. The lowest BCUT2D eigenvalue weighted by Gasteiger charge is -2.21. The number of aromatic nitrogens is 2. The Morgan fingerprint density at radius 1 is 1.17 bits per heavy atom. The molecule has 2 N–H and O–H groups in total. The van der Waals surface area contributed by atoms with Gasteiger partial charge in [-0.15, -0.1) is 24.0 Å². The van der Waals surface area contributed by atoms with Crippen molar-refractivity contribution in [2.45, 2.75) is 46.3 Å². The van der Waals surface area contributed by atoms with Crippen LogP contribution in [-0.4, -0.2) is 48.4 Å². The van der Waals surface area contributed by atoms with Crippen LogP contribution in [0.2, 0.25) is 0 Å². The van der Waals surface area contributed by atoms with Crippen LogP contribution in [0.4, 0.5) is 0 Å². The van der Waals surface area contributed by atoms with Crippen LogP contribution in [-0.2, 0) is 17.7 Å². The van der Waals surface area contributed by atoms with Crippen molar-refractivity contribution in [2.75, 3.05) is 26.7 Å². The molecule has 0 aliphatic rings. The molecule has 0 fully saturated rings. The first-order valence-electron chi connectivity index (χ1n) is 10.2. The Bertz CT molecular complexity index is 702. The molecular weight excluding hydrogens is 477 g/mol. The molecule has 1 heterocycles. The summed E-state index contributed by atoms with van der Waals surface area (Å²) in [6.07, 6.45) is 5.99. The van der Waals surface area contributed by atoms with Gasteiger partial charge in [0.25, 0.3) is 0 Å². The predicted octanol–water partition coefficient (Wildman–Crippen LogP) is 3.71. The van der Waals surface area contributed by atoms with Crippen LogP contribution in [0.3, 0.4) is 0 Å². The summed E-state index contributed by atoms with van der Waals surface area (Å²) in [5, 5.41) is 6.76. The normalized spacial score (nSPS) is 12.5. The fraction of sp³-hybridized carbons (Fsp3) is 0.545. The van der Waals surface area contributed by atoms with Crippen molar-refractivity contribution in [3.05, 3.63) is 54.1 Å². The Kier molecular flexibility index (Phi) is 12.6. The topological polar surface area (TPSA) is 63.5 Å². The largest absolute Gasteiger partial charge is 0.378 e. The van der Waals surface area contributed by atoms with E-state index in [1.165, 1.54) is 5.56 Å². The molecule has 0 saturated heterocycles. The number of hydrogen-bond donors (Lipinski definition) is 2. The van der Waals surface area contributed by atoms with E-state index in [0.29, 0.717) is 5.92 Å². The molecule has 7 heteroatoms. The number of nitrogens with zero attached hydrogens (tertiary/aromatic N) is 3. The average molecular weight is 513 g/mol. The van der Waals surface area contributed by atoms with Gasteiger partial charge in [-0.3, -0.25) is 4.99 Å². The number of nitrogens with one attached hydrogen (secondary N) is 2. The number of guanidine groups is 1. The van der Waals surface area contributed by atoms with E-state index in [1.807, 2.05) is 25.4 Å². The maximum absolute atomic E-state index is 5.80. The molecule has 2 aromatic rings. The molecule has 0 radical (unpaired) electrons. The van der Waals surface area contributed by atoms with Gasteiger partial charge in [0.05, 0.1) is 6.10 Å². The zero-order valence-corrected chi connectivity index (χ0v) is 20.4. The molecule has 1 aromatic carbocycles. The van der Waals surface area contributed by atoms with Gasteiger partial charge in [-0.25, -0.2) is 4.98 Å². The second-order valence-corrected chi connectivity index (χ2v) is 7.16. The SMILES string of the molecule is CCOC(CCNC(=NC)NCCc1nccn1Cc1ccccc1)C(C)C.I. The summed E-state index contributed by atoms with van der Waals surface area (Å²) in [6, 6.07) is 10.5. The highest BCUT2D eigenvalue weighted by Gasteiger charge is 2.13. The zero-order chi connectivity index (χ0) is 20.2. The molecule has 0 spiro atoms. The third-order valence-electron chi connectivity index (χ3n) is 4.71. The number of ether oxygens (including phenoxy) is 1. The fourth-order valence-corrected chi connectivity index (χ4v) is 3.16. The second-order valence-electron chi connectivity index (χ2n) is 7.16. The van der Waals surface area contributed by atoms with Crippen molar-refractivity contribution < 1.29 is 4.74 Å². The summed E-state index contributed by atoms with van der Waals surface area (Å²) in [4.78, 5) is 8.82. The van der Waals surface area contributed by atoms with Crippen LogP contribution >= 0.6 is 24.0 Å². The van der Waals surface area contributed by atoms with Crippen molar-refractivity contribution in [2.24, 2.45) is 10.9 Å². The van der Waals surface area contributed by atoms with Crippen LogP contribution in [0.5, 0.6) is 0 Å².